The number of carbonyl (C=O) groups is 1. The molecule has 142 valence electrons. The van der Waals surface area contributed by atoms with Crippen LogP contribution >= 0.6 is 0 Å². The minimum Gasteiger partial charge on any atom is -0.449 e. The maximum absolute atomic E-state index is 11.1. The molecule has 2 aliphatic rings. The largest absolute Gasteiger partial charge is 0.449 e. The van der Waals surface area contributed by atoms with E-state index in [9.17, 15) is 4.79 Å². The minimum atomic E-state index is -0.290. The number of benzene rings is 1. The molecule has 2 aromatic rings. The standard InChI is InChI=1S/C19H23N5O3/c1-13(18-26-16-5-3-4-6-17(16)27-18)23-7-9-24(10-8-23)19-20-11-15(12-21-19)22-14(2)25/h3-6,11-13,18H,7-10H2,1-2H3,(H,22,25). The summed E-state index contributed by atoms with van der Waals surface area (Å²) >= 11 is 0. The maximum atomic E-state index is 11.1. The van der Waals surface area contributed by atoms with Crippen molar-refractivity contribution in [2.75, 3.05) is 36.4 Å². The second-order valence-electron chi connectivity index (χ2n) is 6.77. The fourth-order valence-electron chi connectivity index (χ4n) is 3.37. The molecule has 1 aromatic heterocycles. The first-order valence-corrected chi connectivity index (χ1v) is 9.11. The van der Waals surface area contributed by atoms with Gasteiger partial charge >= 0.3 is 0 Å². The number of nitrogens with zero attached hydrogens (tertiary/aromatic N) is 4. The van der Waals surface area contributed by atoms with Crippen LogP contribution in [0, 0.1) is 0 Å². The smallest absolute Gasteiger partial charge is 0.256 e. The van der Waals surface area contributed by atoms with Gasteiger partial charge in [-0.05, 0) is 19.1 Å². The molecule has 1 atom stereocenters. The molecule has 4 rings (SSSR count). The van der Waals surface area contributed by atoms with E-state index < -0.39 is 0 Å². The van der Waals surface area contributed by atoms with Crippen molar-refractivity contribution in [2.45, 2.75) is 26.2 Å². The normalized spacial score (nSPS) is 18.4. The molecule has 8 nitrogen and oxygen atoms in total. The van der Waals surface area contributed by atoms with E-state index >= 15 is 0 Å². The lowest BCUT2D eigenvalue weighted by Crippen LogP contribution is -2.54. The molecule has 3 heterocycles. The minimum absolute atomic E-state index is 0.132. The van der Waals surface area contributed by atoms with Crippen molar-refractivity contribution in [3.63, 3.8) is 0 Å². The fraction of sp³-hybridized carbons (Fsp3) is 0.421. The van der Waals surface area contributed by atoms with E-state index in [0.717, 1.165) is 37.7 Å². The first kappa shape index (κ1) is 17.5. The summed E-state index contributed by atoms with van der Waals surface area (Å²) in [6.45, 7) is 6.98. The highest BCUT2D eigenvalue weighted by Crippen LogP contribution is 2.35. The van der Waals surface area contributed by atoms with Crippen molar-refractivity contribution in [1.29, 1.82) is 0 Å². The predicted octanol–water partition coefficient (Wildman–Crippen LogP) is 1.74. The molecule has 1 saturated heterocycles. The van der Waals surface area contributed by atoms with Gasteiger partial charge in [0.05, 0.1) is 24.1 Å². The van der Waals surface area contributed by atoms with E-state index in [0.29, 0.717) is 11.6 Å². The number of fused-ring (bicyclic) bond motifs is 1. The molecule has 2 aliphatic heterocycles. The summed E-state index contributed by atoms with van der Waals surface area (Å²) in [7, 11) is 0. The average Bonchev–Trinajstić information content (AvgIpc) is 3.12. The van der Waals surface area contributed by atoms with Crippen LogP contribution in [-0.4, -0.2) is 59.3 Å². The van der Waals surface area contributed by atoms with Gasteiger partial charge in [0.2, 0.25) is 11.9 Å². The van der Waals surface area contributed by atoms with Gasteiger partial charge in [0, 0.05) is 33.1 Å². The van der Waals surface area contributed by atoms with Gasteiger partial charge in [0.15, 0.2) is 11.5 Å². The number of carbonyl (C=O) groups excluding carboxylic acids is 1. The number of para-hydroxylation sites is 2. The van der Waals surface area contributed by atoms with Gasteiger partial charge in [-0.15, -0.1) is 0 Å². The zero-order valence-corrected chi connectivity index (χ0v) is 15.5. The van der Waals surface area contributed by atoms with Crippen molar-refractivity contribution in [1.82, 2.24) is 14.9 Å². The summed E-state index contributed by atoms with van der Waals surface area (Å²) < 4.78 is 11.9. The summed E-state index contributed by atoms with van der Waals surface area (Å²) in [5.74, 6) is 2.16. The molecule has 0 spiro atoms. The fourth-order valence-corrected chi connectivity index (χ4v) is 3.37. The van der Waals surface area contributed by atoms with Gasteiger partial charge in [0.1, 0.15) is 0 Å². The number of rotatable bonds is 4. The third-order valence-electron chi connectivity index (χ3n) is 4.86. The Kier molecular flexibility index (Phi) is 4.81. The number of amides is 1. The Morgan fingerprint density at radius 2 is 1.70 bits per heavy atom. The van der Waals surface area contributed by atoms with Crippen molar-refractivity contribution in [3.05, 3.63) is 36.7 Å². The summed E-state index contributed by atoms with van der Waals surface area (Å²) in [4.78, 5) is 24.3. The van der Waals surface area contributed by atoms with Crippen LogP contribution in [0.2, 0.25) is 0 Å². The first-order valence-electron chi connectivity index (χ1n) is 9.11. The van der Waals surface area contributed by atoms with Crippen LogP contribution in [0.3, 0.4) is 0 Å². The third kappa shape index (κ3) is 3.80. The Bertz CT molecular complexity index is 780. The van der Waals surface area contributed by atoms with Gasteiger partial charge in [-0.3, -0.25) is 9.69 Å². The van der Waals surface area contributed by atoms with Crippen LogP contribution in [-0.2, 0) is 4.79 Å². The Labute approximate surface area is 158 Å². The second-order valence-corrected chi connectivity index (χ2v) is 6.77. The number of ether oxygens (including phenoxy) is 2. The molecular weight excluding hydrogens is 346 g/mol. The van der Waals surface area contributed by atoms with Gasteiger partial charge in [-0.25, -0.2) is 9.97 Å². The van der Waals surface area contributed by atoms with Gasteiger partial charge in [0.25, 0.3) is 6.29 Å². The number of anilines is 2. The molecule has 0 radical (unpaired) electrons. The molecule has 0 bridgehead atoms. The van der Waals surface area contributed by atoms with E-state index in [1.165, 1.54) is 6.92 Å². The lowest BCUT2D eigenvalue weighted by molar-refractivity contribution is -0.114. The lowest BCUT2D eigenvalue weighted by atomic mass is 10.2. The van der Waals surface area contributed by atoms with Gasteiger partial charge in [-0.1, -0.05) is 12.1 Å². The molecule has 0 aliphatic carbocycles. The SMILES string of the molecule is CC(=O)Nc1cnc(N2CCN(C(C)C3Oc4ccccc4O3)CC2)nc1. The molecule has 8 heteroatoms. The Hall–Kier alpha value is -2.87. The molecule has 1 aromatic carbocycles. The van der Waals surface area contributed by atoms with E-state index in [1.54, 1.807) is 12.4 Å². The Morgan fingerprint density at radius 1 is 1.11 bits per heavy atom. The van der Waals surface area contributed by atoms with Crippen LogP contribution in [0.1, 0.15) is 13.8 Å². The van der Waals surface area contributed by atoms with Gasteiger partial charge < -0.3 is 19.7 Å². The van der Waals surface area contributed by atoms with Crippen molar-refractivity contribution in [2.24, 2.45) is 0 Å². The van der Waals surface area contributed by atoms with Crippen LogP contribution in [0.15, 0.2) is 36.7 Å². The first-order chi connectivity index (χ1) is 13.1. The zero-order valence-electron chi connectivity index (χ0n) is 15.5. The molecule has 27 heavy (non-hydrogen) atoms. The van der Waals surface area contributed by atoms with Crippen LogP contribution < -0.4 is 19.7 Å². The van der Waals surface area contributed by atoms with Gasteiger partial charge in [-0.2, -0.15) is 0 Å². The van der Waals surface area contributed by atoms with E-state index in [-0.39, 0.29) is 18.2 Å². The van der Waals surface area contributed by atoms with Crippen LogP contribution in [0.5, 0.6) is 11.5 Å². The van der Waals surface area contributed by atoms with Crippen molar-refractivity contribution >= 4 is 17.5 Å². The summed E-state index contributed by atoms with van der Waals surface area (Å²) in [5, 5.41) is 2.68. The highest BCUT2D eigenvalue weighted by Gasteiger charge is 2.34. The maximum Gasteiger partial charge on any atom is 0.256 e. The predicted molar refractivity (Wildman–Crippen MR) is 101 cm³/mol. The molecular formula is C19H23N5O3. The lowest BCUT2D eigenvalue weighted by Gasteiger charge is -2.38. The molecule has 1 amide bonds. The number of hydrogen-bond donors (Lipinski definition) is 1. The van der Waals surface area contributed by atoms with Crippen LogP contribution in [0.4, 0.5) is 11.6 Å². The van der Waals surface area contributed by atoms with E-state index in [4.69, 9.17) is 9.47 Å². The van der Waals surface area contributed by atoms with E-state index in [1.807, 2.05) is 24.3 Å². The average molecular weight is 369 g/mol. The number of nitrogens with one attached hydrogen (secondary N) is 1. The van der Waals surface area contributed by atoms with Crippen molar-refractivity contribution in [3.8, 4) is 11.5 Å². The molecule has 1 unspecified atom stereocenters. The second kappa shape index (κ2) is 7.40. The van der Waals surface area contributed by atoms with Crippen LogP contribution in [0.25, 0.3) is 0 Å². The topological polar surface area (TPSA) is 79.8 Å². The van der Waals surface area contributed by atoms with Crippen molar-refractivity contribution < 1.29 is 14.3 Å². The highest BCUT2D eigenvalue weighted by atomic mass is 16.7. The third-order valence-corrected chi connectivity index (χ3v) is 4.86. The molecule has 1 fully saturated rings. The van der Waals surface area contributed by atoms with E-state index in [2.05, 4.69) is 32.0 Å². The number of hydrogen-bond acceptors (Lipinski definition) is 7. The monoisotopic (exact) mass is 369 g/mol. The Balaban J connectivity index is 1.32. The highest BCUT2D eigenvalue weighted by molar-refractivity contribution is 5.88. The Morgan fingerprint density at radius 3 is 2.26 bits per heavy atom. The molecule has 0 saturated carbocycles. The molecule has 1 N–H and O–H groups in total. The quantitative estimate of drug-likeness (QED) is 0.879. The zero-order chi connectivity index (χ0) is 18.8. The summed E-state index contributed by atoms with van der Waals surface area (Å²) in [5.41, 5.74) is 0.605. The summed E-state index contributed by atoms with van der Waals surface area (Å²) in [6.07, 6.45) is 2.98. The summed E-state index contributed by atoms with van der Waals surface area (Å²) in [6, 6.07) is 7.91. The number of piperazine rings is 1. The number of aromatic nitrogens is 2.